The Balaban J connectivity index is 2.07. The summed E-state index contributed by atoms with van der Waals surface area (Å²) in [5.41, 5.74) is 0.496. The first-order valence-corrected chi connectivity index (χ1v) is 5.46. The molecule has 3 unspecified atom stereocenters. The van der Waals surface area contributed by atoms with E-state index in [1.54, 1.807) is 0 Å². The van der Waals surface area contributed by atoms with E-state index in [4.69, 9.17) is 0 Å². The highest BCUT2D eigenvalue weighted by Crippen LogP contribution is 2.40. The van der Waals surface area contributed by atoms with E-state index in [-0.39, 0.29) is 0 Å². The van der Waals surface area contributed by atoms with E-state index in [1.807, 2.05) is 0 Å². The molecule has 1 aliphatic carbocycles. The van der Waals surface area contributed by atoms with Crippen molar-refractivity contribution in [2.24, 2.45) is 11.8 Å². The fourth-order valence-corrected chi connectivity index (χ4v) is 3.20. The molecule has 1 aliphatic heterocycles. The Bertz CT molecular complexity index is 166. The van der Waals surface area contributed by atoms with Crippen LogP contribution in [0, 0.1) is 11.8 Å². The van der Waals surface area contributed by atoms with E-state index in [1.165, 1.54) is 38.6 Å². The average Bonchev–Trinajstić information content (AvgIpc) is 2.02. The van der Waals surface area contributed by atoms with Crippen LogP contribution in [0.25, 0.3) is 0 Å². The molecular weight excluding hydrogens is 146 g/mol. The van der Waals surface area contributed by atoms with Crippen molar-refractivity contribution in [3.8, 4) is 0 Å². The van der Waals surface area contributed by atoms with Crippen LogP contribution in [0.5, 0.6) is 0 Å². The Morgan fingerprint density at radius 3 is 2.92 bits per heavy atom. The number of hydrogen-bond donors (Lipinski definition) is 1. The molecule has 1 saturated heterocycles. The molecule has 0 aromatic heterocycles. The monoisotopic (exact) mass is 167 g/mol. The molecular formula is C11H21N. The van der Waals surface area contributed by atoms with Gasteiger partial charge in [-0.05, 0) is 51.0 Å². The molecule has 1 saturated carbocycles. The minimum atomic E-state index is 0.496. The average molecular weight is 167 g/mol. The molecule has 0 amide bonds. The van der Waals surface area contributed by atoms with Crippen molar-refractivity contribution >= 4 is 0 Å². The maximum absolute atomic E-state index is 3.73. The van der Waals surface area contributed by atoms with Gasteiger partial charge in [0.25, 0.3) is 0 Å². The third-order valence-electron chi connectivity index (χ3n) is 3.94. The molecule has 2 aliphatic rings. The fraction of sp³-hybridized carbons (Fsp3) is 1.00. The Labute approximate surface area is 75.9 Å². The topological polar surface area (TPSA) is 12.0 Å². The van der Waals surface area contributed by atoms with Crippen LogP contribution in [0.4, 0.5) is 0 Å². The summed E-state index contributed by atoms with van der Waals surface area (Å²) < 4.78 is 0. The van der Waals surface area contributed by atoms with Gasteiger partial charge in [0.2, 0.25) is 0 Å². The zero-order chi connectivity index (χ0) is 8.60. The third-order valence-corrected chi connectivity index (χ3v) is 3.94. The highest BCUT2D eigenvalue weighted by Gasteiger charge is 2.39. The van der Waals surface area contributed by atoms with Gasteiger partial charge in [-0.1, -0.05) is 13.3 Å². The quantitative estimate of drug-likeness (QED) is 0.584. The molecule has 1 nitrogen and oxygen atoms in total. The van der Waals surface area contributed by atoms with Crippen molar-refractivity contribution in [1.29, 1.82) is 0 Å². The maximum atomic E-state index is 3.73. The lowest BCUT2D eigenvalue weighted by molar-refractivity contribution is 0.0913. The zero-order valence-corrected chi connectivity index (χ0v) is 8.40. The minimum absolute atomic E-state index is 0.496. The van der Waals surface area contributed by atoms with Crippen LogP contribution in [0.1, 0.15) is 46.0 Å². The van der Waals surface area contributed by atoms with Crippen molar-refractivity contribution in [1.82, 2.24) is 5.32 Å². The minimum Gasteiger partial charge on any atom is -0.311 e. The lowest BCUT2D eigenvalue weighted by Crippen LogP contribution is -2.55. The van der Waals surface area contributed by atoms with Gasteiger partial charge in [-0.3, -0.25) is 0 Å². The van der Waals surface area contributed by atoms with Gasteiger partial charge in [0.1, 0.15) is 0 Å². The second kappa shape index (κ2) is 3.02. The molecule has 0 aromatic carbocycles. The van der Waals surface area contributed by atoms with Crippen LogP contribution in [-0.2, 0) is 0 Å². The standard InChI is InChI=1S/C11H21N/c1-9-5-6-10-4-3-7-12-11(10,2)8-9/h9-10,12H,3-8H2,1-2H3. The zero-order valence-electron chi connectivity index (χ0n) is 8.40. The summed E-state index contributed by atoms with van der Waals surface area (Å²) in [6.07, 6.45) is 7.19. The number of hydrogen-bond acceptors (Lipinski definition) is 1. The molecule has 1 heteroatoms. The van der Waals surface area contributed by atoms with Gasteiger partial charge in [0.05, 0.1) is 0 Å². The van der Waals surface area contributed by atoms with Gasteiger partial charge in [0, 0.05) is 5.54 Å². The van der Waals surface area contributed by atoms with Gasteiger partial charge in [-0.15, -0.1) is 0 Å². The van der Waals surface area contributed by atoms with Crippen LogP contribution in [0.15, 0.2) is 0 Å². The fourth-order valence-electron chi connectivity index (χ4n) is 3.20. The van der Waals surface area contributed by atoms with Crippen LogP contribution in [-0.4, -0.2) is 12.1 Å². The Morgan fingerprint density at radius 1 is 1.25 bits per heavy atom. The van der Waals surface area contributed by atoms with Crippen molar-refractivity contribution in [2.75, 3.05) is 6.54 Å². The van der Waals surface area contributed by atoms with Gasteiger partial charge < -0.3 is 5.32 Å². The molecule has 1 N–H and O–H groups in total. The molecule has 0 spiro atoms. The van der Waals surface area contributed by atoms with Gasteiger partial charge in [-0.2, -0.15) is 0 Å². The number of fused-ring (bicyclic) bond motifs is 1. The third kappa shape index (κ3) is 1.39. The van der Waals surface area contributed by atoms with Crippen LogP contribution >= 0.6 is 0 Å². The van der Waals surface area contributed by atoms with Crippen molar-refractivity contribution in [3.63, 3.8) is 0 Å². The summed E-state index contributed by atoms with van der Waals surface area (Å²) in [5.74, 6) is 1.92. The summed E-state index contributed by atoms with van der Waals surface area (Å²) in [4.78, 5) is 0. The highest BCUT2D eigenvalue weighted by molar-refractivity contribution is 4.97. The first-order valence-electron chi connectivity index (χ1n) is 5.46. The molecule has 12 heavy (non-hydrogen) atoms. The van der Waals surface area contributed by atoms with E-state index in [2.05, 4.69) is 19.2 Å². The van der Waals surface area contributed by atoms with Crippen molar-refractivity contribution in [3.05, 3.63) is 0 Å². The normalized spacial score (nSPS) is 48.5. The van der Waals surface area contributed by atoms with E-state index >= 15 is 0 Å². The molecule has 0 bridgehead atoms. The van der Waals surface area contributed by atoms with E-state index in [0.717, 1.165) is 11.8 Å². The summed E-state index contributed by atoms with van der Waals surface area (Å²) in [7, 11) is 0. The lowest BCUT2D eigenvalue weighted by atomic mass is 9.67. The van der Waals surface area contributed by atoms with Gasteiger partial charge >= 0.3 is 0 Å². The largest absolute Gasteiger partial charge is 0.311 e. The molecule has 1 heterocycles. The number of piperidine rings is 1. The van der Waals surface area contributed by atoms with Crippen LogP contribution < -0.4 is 5.32 Å². The number of rotatable bonds is 0. The van der Waals surface area contributed by atoms with E-state index in [9.17, 15) is 0 Å². The van der Waals surface area contributed by atoms with Gasteiger partial charge in [0.15, 0.2) is 0 Å². The first-order chi connectivity index (χ1) is 5.71. The lowest BCUT2D eigenvalue weighted by Gasteiger charge is -2.48. The SMILES string of the molecule is CC1CCC2CCCNC2(C)C1. The molecule has 2 fully saturated rings. The number of nitrogens with one attached hydrogen (secondary N) is 1. The van der Waals surface area contributed by atoms with Gasteiger partial charge in [-0.25, -0.2) is 0 Å². The second-order valence-electron chi connectivity index (χ2n) is 5.07. The Kier molecular flexibility index (Phi) is 2.16. The highest BCUT2D eigenvalue weighted by atomic mass is 15.0. The summed E-state index contributed by atoms with van der Waals surface area (Å²) in [5, 5.41) is 3.73. The molecule has 0 radical (unpaired) electrons. The van der Waals surface area contributed by atoms with Crippen LogP contribution in [0.2, 0.25) is 0 Å². The van der Waals surface area contributed by atoms with E-state index < -0.39 is 0 Å². The summed E-state index contributed by atoms with van der Waals surface area (Å²) in [6.45, 7) is 6.09. The maximum Gasteiger partial charge on any atom is 0.0184 e. The van der Waals surface area contributed by atoms with Crippen molar-refractivity contribution < 1.29 is 0 Å². The Hall–Kier alpha value is -0.0400. The Morgan fingerprint density at radius 2 is 2.08 bits per heavy atom. The molecule has 0 aromatic rings. The first kappa shape index (κ1) is 8.55. The molecule has 3 atom stereocenters. The van der Waals surface area contributed by atoms with Crippen molar-refractivity contribution in [2.45, 2.75) is 51.5 Å². The molecule has 70 valence electrons. The molecule has 2 rings (SSSR count). The summed E-state index contributed by atoms with van der Waals surface area (Å²) in [6, 6.07) is 0. The predicted octanol–water partition coefficient (Wildman–Crippen LogP) is 2.56. The van der Waals surface area contributed by atoms with Crippen LogP contribution in [0.3, 0.4) is 0 Å². The smallest absolute Gasteiger partial charge is 0.0184 e. The predicted molar refractivity (Wildman–Crippen MR) is 52.1 cm³/mol. The van der Waals surface area contributed by atoms with E-state index in [0.29, 0.717) is 5.54 Å². The second-order valence-corrected chi connectivity index (χ2v) is 5.07. The summed E-state index contributed by atoms with van der Waals surface area (Å²) >= 11 is 0.